The highest BCUT2D eigenvalue weighted by Crippen LogP contribution is 2.16. The SMILES string of the molecule is CCCc1cc(C(=O)NC2(C(=O)O)CCNC2)n[nH]1. The van der Waals surface area contributed by atoms with Gasteiger partial charge in [0.25, 0.3) is 5.91 Å². The van der Waals surface area contributed by atoms with E-state index in [1.54, 1.807) is 6.07 Å². The highest BCUT2D eigenvalue weighted by molar-refractivity contribution is 5.96. The van der Waals surface area contributed by atoms with Gasteiger partial charge in [-0.2, -0.15) is 5.10 Å². The van der Waals surface area contributed by atoms with Crippen molar-refractivity contribution >= 4 is 11.9 Å². The highest BCUT2D eigenvalue weighted by atomic mass is 16.4. The summed E-state index contributed by atoms with van der Waals surface area (Å²) in [7, 11) is 0. The lowest BCUT2D eigenvalue weighted by Gasteiger charge is -2.23. The number of aromatic nitrogens is 2. The van der Waals surface area contributed by atoms with E-state index in [0.717, 1.165) is 18.5 Å². The average Bonchev–Trinajstić information content (AvgIpc) is 2.99. The standard InChI is InChI=1S/C12H18N4O3/c1-2-3-8-6-9(16-15-8)10(17)14-12(11(18)19)4-5-13-7-12/h6,13H,2-5,7H2,1H3,(H,14,17)(H,15,16)(H,18,19). The van der Waals surface area contributed by atoms with E-state index in [1.807, 2.05) is 6.92 Å². The molecule has 1 unspecified atom stereocenters. The number of hydrogen-bond donors (Lipinski definition) is 4. The molecule has 0 bridgehead atoms. The summed E-state index contributed by atoms with van der Waals surface area (Å²) in [5.41, 5.74) is -0.112. The number of nitrogens with zero attached hydrogens (tertiary/aromatic N) is 1. The fourth-order valence-corrected chi connectivity index (χ4v) is 2.19. The molecule has 0 saturated carbocycles. The maximum atomic E-state index is 12.0. The Morgan fingerprint density at radius 1 is 1.58 bits per heavy atom. The van der Waals surface area contributed by atoms with Crippen molar-refractivity contribution in [1.82, 2.24) is 20.8 Å². The Hall–Kier alpha value is -1.89. The Bertz CT molecular complexity index is 477. The van der Waals surface area contributed by atoms with Crippen molar-refractivity contribution in [3.63, 3.8) is 0 Å². The van der Waals surface area contributed by atoms with Gasteiger partial charge in [0.15, 0.2) is 5.54 Å². The van der Waals surface area contributed by atoms with E-state index in [0.29, 0.717) is 13.0 Å². The molecule has 1 fully saturated rings. The van der Waals surface area contributed by atoms with E-state index in [1.165, 1.54) is 0 Å². The van der Waals surface area contributed by atoms with Gasteiger partial charge in [-0.1, -0.05) is 13.3 Å². The Balaban J connectivity index is 2.08. The first-order valence-electron chi connectivity index (χ1n) is 6.38. The zero-order chi connectivity index (χ0) is 13.9. The molecule has 1 aliphatic rings. The number of carbonyl (C=O) groups is 2. The van der Waals surface area contributed by atoms with Crippen LogP contribution in [-0.4, -0.2) is 45.8 Å². The van der Waals surface area contributed by atoms with Crippen LogP contribution in [0.25, 0.3) is 0 Å². The second-order valence-electron chi connectivity index (χ2n) is 4.80. The summed E-state index contributed by atoms with van der Waals surface area (Å²) >= 11 is 0. The average molecular weight is 266 g/mol. The van der Waals surface area contributed by atoms with Crippen LogP contribution in [0.2, 0.25) is 0 Å². The molecule has 1 amide bonds. The van der Waals surface area contributed by atoms with Crippen LogP contribution in [0, 0.1) is 0 Å². The minimum absolute atomic E-state index is 0.232. The number of carbonyl (C=O) groups excluding carboxylic acids is 1. The van der Waals surface area contributed by atoms with Gasteiger partial charge in [0, 0.05) is 12.2 Å². The Morgan fingerprint density at radius 3 is 2.95 bits per heavy atom. The van der Waals surface area contributed by atoms with Crippen molar-refractivity contribution in [1.29, 1.82) is 0 Å². The molecule has 4 N–H and O–H groups in total. The summed E-state index contributed by atoms with van der Waals surface area (Å²) in [6.07, 6.45) is 2.14. The molecule has 7 nitrogen and oxygen atoms in total. The molecule has 2 rings (SSSR count). The number of amides is 1. The molecule has 7 heteroatoms. The molecule has 19 heavy (non-hydrogen) atoms. The van der Waals surface area contributed by atoms with Crippen molar-refractivity contribution in [3.05, 3.63) is 17.5 Å². The minimum Gasteiger partial charge on any atom is -0.479 e. The van der Waals surface area contributed by atoms with Crippen LogP contribution in [0.1, 0.15) is 35.9 Å². The summed E-state index contributed by atoms with van der Waals surface area (Å²) in [5.74, 6) is -1.47. The lowest BCUT2D eigenvalue weighted by atomic mass is 9.98. The third-order valence-corrected chi connectivity index (χ3v) is 3.30. The summed E-state index contributed by atoms with van der Waals surface area (Å²) < 4.78 is 0. The molecule has 2 heterocycles. The maximum Gasteiger partial charge on any atom is 0.330 e. The monoisotopic (exact) mass is 266 g/mol. The Kier molecular flexibility index (Phi) is 3.84. The molecule has 0 aromatic carbocycles. The normalized spacial score (nSPS) is 22.4. The first-order valence-corrected chi connectivity index (χ1v) is 6.38. The molecule has 1 saturated heterocycles. The van der Waals surface area contributed by atoms with Crippen LogP contribution in [0.15, 0.2) is 6.07 Å². The number of nitrogens with one attached hydrogen (secondary N) is 3. The fraction of sp³-hybridized carbons (Fsp3) is 0.583. The smallest absolute Gasteiger partial charge is 0.330 e. The van der Waals surface area contributed by atoms with Gasteiger partial charge in [-0.15, -0.1) is 0 Å². The summed E-state index contributed by atoms with van der Waals surface area (Å²) in [4.78, 5) is 23.4. The molecule has 0 spiro atoms. The number of hydrogen-bond acceptors (Lipinski definition) is 4. The molecule has 0 aliphatic carbocycles. The number of aromatic amines is 1. The van der Waals surface area contributed by atoms with Crippen LogP contribution in [-0.2, 0) is 11.2 Å². The molecular formula is C12H18N4O3. The number of carboxylic acids is 1. The third kappa shape index (κ3) is 2.76. The van der Waals surface area contributed by atoms with Crippen LogP contribution < -0.4 is 10.6 Å². The minimum atomic E-state index is -1.22. The molecular weight excluding hydrogens is 248 g/mol. The lowest BCUT2D eigenvalue weighted by Crippen LogP contribution is -2.56. The predicted octanol–water partition coefficient (Wildman–Crippen LogP) is -0.0913. The van der Waals surface area contributed by atoms with E-state index in [2.05, 4.69) is 20.8 Å². The second-order valence-corrected chi connectivity index (χ2v) is 4.80. The molecule has 0 radical (unpaired) electrons. The topological polar surface area (TPSA) is 107 Å². The van der Waals surface area contributed by atoms with Crippen LogP contribution in [0.4, 0.5) is 0 Å². The van der Waals surface area contributed by atoms with Gasteiger partial charge in [-0.3, -0.25) is 9.89 Å². The van der Waals surface area contributed by atoms with E-state index < -0.39 is 17.4 Å². The van der Waals surface area contributed by atoms with Gasteiger partial charge >= 0.3 is 5.97 Å². The number of aryl methyl sites for hydroxylation is 1. The van der Waals surface area contributed by atoms with E-state index in [4.69, 9.17) is 0 Å². The zero-order valence-electron chi connectivity index (χ0n) is 10.8. The van der Waals surface area contributed by atoms with Gasteiger partial charge in [-0.25, -0.2) is 4.79 Å². The van der Waals surface area contributed by atoms with Crippen LogP contribution >= 0.6 is 0 Å². The lowest BCUT2D eigenvalue weighted by molar-refractivity contribution is -0.143. The van der Waals surface area contributed by atoms with Crippen LogP contribution in [0.3, 0.4) is 0 Å². The van der Waals surface area contributed by atoms with E-state index in [9.17, 15) is 14.7 Å². The molecule has 104 valence electrons. The Morgan fingerprint density at radius 2 is 2.37 bits per heavy atom. The number of aliphatic carboxylic acids is 1. The molecule has 1 aromatic heterocycles. The van der Waals surface area contributed by atoms with E-state index in [-0.39, 0.29) is 12.2 Å². The van der Waals surface area contributed by atoms with Gasteiger partial charge in [0.2, 0.25) is 0 Å². The van der Waals surface area contributed by atoms with Gasteiger partial charge in [-0.05, 0) is 25.5 Å². The molecule has 1 aliphatic heterocycles. The van der Waals surface area contributed by atoms with Crippen LogP contribution in [0.5, 0.6) is 0 Å². The fourth-order valence-electron chi connectivity index (χ4n) is 2.19. The molecule has 1 atom stereocenters. The van der Waals surface area contributed by atoms with Crippen molar-refractivity contribution in [2.75, 3.05) is 13.1 Å². The quantitative estimate of drug-likeness (QED) is 0.596. The van der Waals surface area contributed by atoms with Gasteiger partial charge < -0.3 is 15.7 Å². The highest BCUT2D eigenvalue weighted by Gasteiger charge is 2.43. The summed E-state index contributed by atoms with van der Waals surface area (Å²) in [6.45, 7) is 2.85. The van der Waals surface area contributed by atoms with Crippen molar-refractivity contribution in [2.24, 2.45) is 0 Å². The van der Waals surface area contributed by atoms with Crippen molar-refractivity contribution < 1.29 is 14.7 Å². The molecule has 1 aromatic rings. The summed E-state index contributed by atoms with van der Waals surface area (Å²) in [5, 5.41) is 21.5. The number of H-pyrrole nitrogens is 1. The zero-order valence-corrected chi connectivity index (χ0v) is 10.8. The third-order valence-electron chi connectivity index (χ3n) is 3.30. The second kappa shape index (κ2) is 5.40. The van der Waals surface area contributed by atoms with Gasteiger partial charge in [0.05, 0.1) is 0 Å². The van der Waals surface area contributed by atoms with Crippen molar-refractivity contribution in [2.45, 2.75) is 31.7 Å². The van der Waals surface area contributed by atoms with Gasteiger partial charge in [0.1, 0.15) is 5.69 Å². The first kappa shape index (κ1) is 13.5. The maximum absolute atomic E-state index is 12.0. The van der Waals surface area contributed by atoms with E-state index >= 15 is 0 Å². The summed E-state index contributed by atoms with van der Waals surface area (Å²) in [6, 6.07) is 1.66. The number of rotatable bonds is 5. The largest absolute Gasteiger partial charge is 0.479 e. The number of carboxylic acid groups (broad SMARTS) is 1. The Labute approximate surface area is 110 Å². The van der Waals surface area contributed by atoms with Crippen molar-refractivity contribution in [3.8, 4) is 0 Å². The predicted molar refractivity (Wildman–Crippen MR) is 67.9 cm³/mol. The first-order chi connectivity index (χ1) is 9.07.